The Labute approximate surface area is 150 Å². The van der Waals surface area contributed by atoms with Gasteiger partial charge >= 0.3 is 0 Å². The second kappa shape index (κ2) is 7.81. The van der Waals surface area contributed by atoms with Crippen molar-refractivity contribution >= 4 is 11.6 Å². The molecule has 0 aliphatic carbocycles. The number of likely N-dealkylation sites (tertiary alicyclic amines) is 1. The number of carbonyl (C=O) groups is 1. The first-order valence-electron chi connectivity index (χ1n) is 8.99. The molecule has 2 aromatic rings. The fourth-order valence-corrected chi connectivity index (χ4v) is 3.68. The van der Waals surface area contributed by atoms with Gasteiger partial charge in [-0.15, -0.1) is 0 Å². The van der Waals surface area contributed by atoms with Gasteiger partial charge < -0.3 is 11.1 Å². The number of hydrogen-bond acceptors (Lipinski definition) is 3. The van der Waals surface area contributed by atoms with E-state index in [1.807, 2.05) is 37.3 Å². The summed E-state index contributed by atoms with van der Waals surface area (Å²) in [6.45, 7) is 6.10. The van der Waals surface area contributed by atoms with E-state index in [0.29, 0.717) is 12.5 Å². The molecule has 1 aliphatic rings. The molecule has 1 amide bonds. The number of nitrogens with zero attached hydrogens (tertiary/aromatic N) is 1. The Balaban J connectivity index is 1.63. The van der Waals surface area contributed by atoms with Crippen LogP contribution in [0.2, 0.25) is 0 Å². The van der Waals surface area contributed by atoms with Crippen molar-refractivity contribution in [1.82, 2.24) is 4.90 Å². The van der Waals surface area contributed by atoms with Crippen molar-refractivity contribution < 1.29 is 4.79 Å². The second-order valence-corrected chi connectivity index (χ2v) is 6.89. The van der Waals surface area contributed by atoms with Gasteiger partial charge in [0.2, 0.25) is 5.91 Å². The Hall–Kier alpha value is -2.17. The molecule has 0 aromatic heterocycles. The van der Waals surface area contributed by atoms with E-state index in [1.54, 1.807) is 0 Å². The lowest BCUT2D eigenvalue weighted by atomic mass is 9.95. The van der Waals surface area contributed by atoms with Crippen LogP contribution in [0.25, 0.3) is 0 Å². The van der Waals surface area contributed by atoms with Crippen molar-refractivity contribution in [3.63, 3.8) is 0 Å². The summed E-state index contributed by atoms with van der Waals surface area (Å²) in [6.07, 6.45) is 0.905. The minimum atomic E-state index is 0.0323. The first-order valence-corrected chi connectivity index (χ1v) is 8.99. The molecule has 0 spiro atoms. The van der Waals surface area contributed by atoms with Crippen LogP contribution in [0.4, 0.5) is 5.69 Å². The monoisotopic (exact) mass is 337 g/mol. The molecule has 1 fully saturated rings. The van der Waals surface area contributed by atoms with Crippen LogP contribution in [0.1, 0.15) is 29.5 Å². The molecule has 0 saturated carbocycles. The second-order valence-electron chi connectivity index (χ2n) is 6.89. The first-order chi connectivity index (χ1) is 12.1. The molecule has 2 aromatic carbocycles. The molecule has 132 valence electrons. The number of amides is 1. The molecular weight excluding hydrogens is 310 g/mol. The number of anilines is 1. The van der Waals surface area contributed by atoms with E-state index in [9.17, 15) is 4.79 Å². The third-order valence-electron chi connectivity index (χ3n) is 5.04. The minimum absolute atomic E-state index is 0.0323. The molecule has 1 saturated heterocycles. The molecule has 0 radical (unpaired) electrons. The van der Waals surface area contributed by atoms with E-state index in [1.165, 1.54) is 11.1 Å². The summed E-state index contributed by atoms with van der Waals surface area (Å²) in [5.74, 6) is 0.323. The molecule has 2 atom stereocenters. The maximum absolute atomic E-state index is 12.5. The molecule has 3 rings (SSSR count). The molecular formula is C21H27N3O. The number of hydrogen-bond donors (Lipinski definition) is 2. The summed E-state index contributed by atoms with van der Waals surface area (Å²) < 4.78 is 0. The van der Waals surface area contributed by atoms with Gasteiger partial charge in [0.05, 0.1) is 6.54 Å². The highest BCUT2D eigenvalue weighted by Crippen LogP contribution is 2.26. The highest BCUT2D eigenvalue weighted by Gasteiger charge is 2.32. The zero-order chi connectivity index (χ0) is 17.8. The summed E-state index contributed by atoms with van der Waals surface area (Å²) in [6, 6.07) is 16.6. The molecule has 3 N–H and O–H groups in total. The highest BCUT2D eigenvalue weighted by molar-refractivity contribution is 5.93. The Morgan fingerprint density at radius 1 is 1.16 bits per heavy atom. The Morgan fingerprint density at radius 3 is 2.64 bits per heavy atom. The highest BCUT2D eigenvalue weighted by atomic mass is 16.2. The fourth-order valence-electron chi connectivity index (χ4n) is 3.68. The van der Waals surface area contributed by atoms with Crippen LogP contribution in [0.5, 0.6) is 0 Å². The molecule has 1 heterocycles. The lowest BCUT2D eigenvalue weighted by Crippen LogP contribution is -2.34. The van der Waals surface area contributed by atoms with Crippen LogP contribution in [0, 0.1) is 6.92 Å². The van der Waals surface area contributed by atoms with Crippen molar-refractivity contribution in [2.45, 2.75) is 32.2 Å². The fraction of sp³-hybridized carbons (Fsp3) is 0.381. The van der Waals surface area contributed by atoms with E-state index in [-0.39, 0.29) is 11.9 Å². The van der Waals surface area contributed by atoms with Crippen LogP contribution in [-0.2, 0) is 11.2 Å². The van der Waals surface area contributed by atoms with Crippen molar-refractivity contribution in [1.29, 1.82) is 0 Å². The van der Waals surface area contributed by atoms with Gasteiger partial charge in [0.1, 0.15) is 0 Å². The number of nitrogens with two attached hydrogens (primary N) is 1. The lowest BCUT2D eigenvalue weighted by molar-refractivity contribution is -0.117. The topological polar surface area (TPSA) is 58.4 Å². The maximum atomic E-state index is 12.5. The molecule has 4 nitrogen and oxygen atoms in total. The van der Waals surface area contributed by atoms with Crippen LogP contribution in [-0.4, -0.2) is 36.5 Å². The third-order valence-corrected chi connectivity index (χ3v) is 5.04. The Kier molecular flexibility index (Phi) is 5.51. The average Bonchev–Trinajstić information content (AvgIpc) is 2.97. The predicted molar refractivity (Wildman–Crippen MR) is 103 cm³/mol. The standard InChI is InChI=1S/C21H27N3O/c1-3-16-11-7-8-15(2)21(16)23-20(25)14-24-12-18(19(22)13-24)17-9-5-4-6-10-17/h4-11,18-19H,3,12-14,22H2,1-2H3,(H,23,25)/t18-,19+/m0/s1. The van der Waals surface area contributed by atoms with Crippen molar-refractivity contribution in [2.24, 2.45) is 5.73 Å². The lowest BCUT2D eigenvalue weighted by Gasteiger charge is -2.18. The van der Waals surface area contributed by atoms with Crippen molar-refractivity contribution in [2.75, 3.05) is 25.0 Å². The maximum Gasteiger partial charge on any atom is 0.238 e. The molecule has 4 heteroatoms. The van der Waals surface area contributed by atoms with Crippen molar-refractivity contribution in [3.8, 4) is 0 Å². The largest absolute Gasteiger partial charge is 0.326 e. The Morgan fingerprint density at radius 2 is 1.92 bits per heavy atom. The molecule has 1 aliphatic heterocycles. The molecule has 0 bridgehead atoms. The molecule has 0 unspecified atom stereocenters. The summed E-state index contributed by atoms with van der Waals surface area (Å²) in [4.78, 5) is 14.7. The first kappa shape index (κ1) is 17.6. The predicted octanol–water partition coefficient (Wildman–Crippen LogP) is 2.92. The van der Waals surface area contributed by atoms with Gasteiger partial charge in [0.15, 0.2) is 0 Å². The van der Waals surface area contributed by atoms with Gasteiger partial charge in [-0.05, 0) is 30.0 Å². The number of rotatable bonds is 5. The van der Waals surface area contributed by atoms with E-state index >= 15 is 0 Å². The van der Waals surface area contributed by atoms with Gasteiger partial charge in [-0.1, -0.05) is 55.5 Å². The quantitative estimate of drug-likeness (QED) is 0.882. The van der Waals surface area contributed by atoms with Crippen LogP contribution in [0.15, 0.2) is 48.5 Å². The number of carbonyl (C=O) groups excluding carboxylic acids is 1. The van der Waals surface area contributed by atoms with Gasteiger partial charge in [-0.25, -0.2) is 0 Å². The minimum Gasteiger partial charge on any atom is -0.326 e. The van der Waals surface area contributed by atoms with E-state index in [4.69, 9.17) is 5.73 Å². The Bertz CT molecular complexity index is 729. The van der Waals surface area contributed by atoms with Crippen molar-refractivity contribution in [3.05, 3.63) is 65.2 Å². The van der Waals surface area contributed by atoms with Gasteiger partial charge in [-0.3, -0.25) is 9.69 Å². The smallest absolute Gasteiger partial charge is 0.238 e. The molecule has 25 heavy (non-hydrogen) atoms. The normalized spacial score (nSPS) is 20.6. The zero-order valence-corrected chi connectivity index (χ0v) is 15.0. The summed E-state index contributed by atoms with van der Waals surface area (Å²) in [5.41, 5.74) is 10.8. The average molecular weight is 337 g/mol. The van der Waals surface area contributed by atoms with Crippen LogP contribution < -0.4 is 11.1 Å². The van der Waals surface area contributed by atoms with E-state index < -0.39 is 0 Å². The zero-order valence-electron chi connectivity index (χ0n) is 15.0. The van der Waals surface area contributed by atoms with E-state index in [0.717, 1.165) is 30.8 Å². The summed E-state index contributed by atoms with van der Waals surface area (Å²) in [7, 11) is 0. The summed E-state index contributed by atoms with van der Waals surface area (Å²) >= 11 is 0. The SMILES string of the molecule is CCc1cccc(C)c1NC(=O)CN1C[C@@H](N)[C@H](c2ccccc2)C1. The number of nitrogens with one attached hydrogen (secondary N) is 1. The van der Waals surface area contributed by atoms with Gasteiger partial charge in [-0.2, -0.15) is 0 Å². The van der Waals surface area contributed by atoms with E-state index in [2.05, 4.69) is 35.3 Å². The van der Waals surface area contributed by atoms with Crippen LogP contribution in [0.3, 0.4) is 0 Å². The number of aryl methyl sites for hydroxylation is 2. The van der Waals surface area contributed by atoms with Gasteiger partial charge in [0, 0.05) is 30.7 Å². The number of para-hydroxylation sites is 1. The number of benzene rings is 2. The van der Waals surface area contributed by atoms with Crippen LogP contribution >= 0.6 is 0 Å². The third kappa shape index (κ3) is 4.09. The summed E-state index contributed by atoms with van der Waals surface area (Å²) in [5, 5.41) is 3.10. The van der Waals surface area contributed by atoms with Gasteiger partial charge in [0.25, 0.3) is 0 Å².